The molecule has 0 bridgehead atoms. The lowest BCUT2D eigenvalue weighted by molar-refractivity contribution is 0.262. The summed E-state index contributed by atoms with van der Waals surface area (Å²) in [6.07, 6.45) is 0.991. The molecule has 0 atom stereocenters. The van der Waals surface area contributed by atoms with E-state index in [-0.39, 0.29) is 6.03 Å². The van der Waals surface area contributed by atoms with Gasteiger partial charge in [-0.05, 0) is 65.4 Å². The molecule has 18 heavy (non-hydrogen) atoms. The molecule has 0 unspecified atom stereocenters. The van der Waals surface area contributed by atoms with Crippen LogP contribution in [0.3, 0.4) is 0 Å². The second-order valence-corrected chi connectivity index (χ2v) is 6.12. The van der Waals surface area contributed by atoms with Crippen LogP contribution in [0.2, 0.25) is 0 Å². The van der Waals surface area contributed by atoms with E-state index in [9.17, 15) is 4.79 Å². The lowest BCUT2D eigenvalue weighted by Crippen LogP contribution is -2.18. The van der Waals surface area contributed by atoms with Crippen molar-refractivity contribution in [3.63, 3.8) is 0 Å². The van der Waals surface area contributed by atoms with Gasteiger partial charge in [-0.3, -0.25) is 5.32 Å². The molecule has 2 N–H and O–H groups in total. The van der Waals surface area contributed by atoms with E-state index in [4.69, 9.17) is 0 Å². The zero-order chi connectivity index (χ0) is 13.0. The van der Waals surface area contributed by atoms with E-state index in [1.54, 1.807) is 11.3 Å². The average molecular weight is 372 g/mol. The highest BCUT2D eigenvalue weighted by molar-refractivity contribution is 14.1. The summed E-state index contributed by atoms with van der Waals surface area (Å²) in [6.45, 7) is 2.10. The summed E-state index contributed by atoms with van der Waals surface area (Å²) >= 11 is 3.83. The Morgan fingerprint density at radius 3 is 2.50 bits per heavy atom. The molecule has 2 rings (SSSR count). The van der Waals surface area contributed by atoms with E-state index in [1.807, 2.05) is 36.4 Å². The van der Waals surface area contributed by atoms with Crippen molar-refractivity contribution in [3.05, 3.63) is 44.8 Å². The number of nitrogens with one attached hydrogen (secondary N) is 2. The van der Waals surface area contributed by atoms with Crippen LogP contribution in [0, 0.1) is 3.57 Å². The summed E-state index contributed by atoms with van der Waals surface area (Å²) in [4.78, 5) is 13.0. The van der Waals surface area contributed by atoms with Crippen LogP contribution in [0.5, 0.6) is 0 Å². The number of anilines is 2. The lowest BCUT2D eigenvalue weighted by atomic mass is 10.3. The van der Waals surface area contributed by atoms with E-state index in [1.165, 1.54) is 4.88 Å². The number of carbonyl (C=O) groups is 1. The molecule has 0 spiro atoms. The third kappa shape index (κ3) is 3.71. The molecule has 2 aromatic rings. The van der Waals surface area contributed by atoms with Crippen LogP contribution in [-0.2, 0) is 6.42 Å². The fourth-order valence-corrected chi connectivity index (χ4v) is 2.64. The first kappa shape index (κ1) is 13.4. The van der Waals surface area contributed by atoms with Crippen LogP contribution < -0.4 is 10.6 Å². The minimum Gasteiger partial charge on any atom is -0.308 e. The number of halogens is 1. The number of urea groups is 1. The molecule has 1 aromatic heterocycles. The molecule has 1 aromatic carbocycles. The average Bonchev–Trinajstić information content (AvgIpc) is 2.79. The van der Waals surface area contributed by atoms with Crippen molar-refractivity contribution >= 4 is 50.6 Å². The van der Waals surface area contributed by atoms with E-state index < -0.39 is 0 Å². The minimum absolute atomic E-state index is 0.208. The Hall–Kier alpha value is -1.08. The van der Waals surface area contributed by atoms with Crippen molar-refractivity contribution in [3.8, 4) is 0 Å². The Labute approximate surface area is 124 Å². The molecule has 94 valence electrons. The normalized spacial score (nSPS) is 10.1. The zero-order valence-electron chi connectivity index (χ0n) is 9.87. The molecule has 5 heteroatoms. The van der Waals surface area contributed by atoms with Gasteiger partial charge in [0.05, 0.1) is 5.00 Å². The van der Waals surface area contributed by atoms with Crippen LogP contribution in [0.1, 0.15) is 11.8 Å². The number of carbonyl (C=O) groups excluding carboxylic acids is 1. The third-order valence-electron chi connectivity index (χ3n) is 2.35. The number of amides is 2. The Morgan fingerprint density at radius 2 is 1.89 bits per heavy atom. The molecule has 0 aliphatic heterocycles. The Kier molecular flexibility index (Phi) is 4.60. The second-order valence-electron chi connectivity index (χ2n) is 3.71. The largest absolute Gasteiger partial charge is 0.324 e. The van der Waals surface area contributed by atoms with Gasteiger partial charge in [0.1, 0.15) is 0 Å². The fraction of sp³-hybridized carbons (Fsp3) is 0.154. The van der Waals surface area contributed by atoms with Crippen LogP contribution in [0.25, 0.3) is 0 Å². The van der Waals surface area contributed by atoms with Crippen molar-refractivity contribution in [1.29, 1.82) is 0 Å². The third-order valence-corrected chi connectivity index (χ3v) is 4.21. The number of thiophene rings is 1. The summed E-state index contributed by atoms with van der Waals surface area (Å²) in [5, 5.41) is 6.49. The maximum absolute atomic E-state index is 11.7. The Balaban J connectivity index is 1.94. The molecule has 0 saturated carbocycles. The van der Waals surface area contributed by atoms with Crippen molar-refractivity contribution in [2.24, 2.45) is 0 Å². The number of benzene rings is 1. The number of aryl methyl sites for hydroxylation is 1. The van der Waals surface area contributed by atoms with Gasteiger partial charge in [-0.25, -0.2) is 4.79 Å². The van der Waals surface area contributed by atoms with Gasteiger partial charge in [-0.15, -0.1) is 11.3 Å². The second kappa shape index (κ2) is 6.19. The first-order valence-electron chi connectivity index (χ1n) is 5.59. The molecule has 0 saturated heterocycles. The lowest BCUT2D eigenvalue weighted by Gasteiger charge is -2.05. The quantitative estimate of drug-likeness (QED) is 0.762. The predicted molar refractivity (Wildman–Crippen MR) is 85.5 cm³/mol. The molecule has 0 fully saturated rings. The van der Waals surface area contributed by atoms with Crippen molar-refractivity contribution in [1.82, 2.24) is 0 Å². The van der Waals surface area contributed by atoms with Crippen molar-refractivity contribution in [2.45, 2.75) is 13.3 Å². The van der Waals surface area contributed by atoms with Crippen LogP contribution >= 0.6 is 33.9 Å². The molecule has 0 radical (unpaired) electrons. The summed E-state index contributed by atoms with van der Waals surface area (Å²) < 4.78 is 1.14. The van der Waals surface area contributed by atoms with Gasteiger partial charge < -0.3 is 5.32 Å². The minimum atomic E-state index is -0.208. The van der Waals surface area contributed by atoms with Crippen molar-refractivity contribution < 1.29 is 4.79 Å². The number of hydrogen-bond donors (Lipinski definition) is 2. The topological polar surface area (TPSA) is 41.1 Å². The standard InChI is InChI=1S/C13H13IN2OS/c1-2-11-7-8-12(18-11)16-13(17)15-10-5-3-9(14)4-6-10/h3-8H,2H2,1H3,(H2,15,16,17). The number of rotatable bonds is 3. The van der Waals surface area contributed by atoms with Crippen molar-refractivity contribution in [2.75, 3.05) is 10.6 Å². The summed E-state index contributed by atoms with van der Waals surface area (Å²) in [6, 6.07) is 11.4. The summed E-state index contributed by atoms with van der Waals surface area (Å²) in [5.74, 6) is 0. The van der Waals surface area contributed by atoms with E-state index >= 15 is 0 Å². The molecule has 2 amide bonds. The molecular weight excluding hydrogens is 359 g/mol. The van der Waals surface area contributed by atoms with Gasteiger partial charge in [-0.2, -0.15) is 0 Å². The Bertz CT molecular complexity index is 536. The molecule has 3 nitrogen and oxygen atoms in total. The molecule has 0 aliphatic carbocycles. The van der Waals surface area contributed by atoms with Gasteiger partial charge in [0.15, 0.2) is 0 Å². The smallest absolute Gasteiger partial charge is 0.308 e. The van der Waals surface area contributed by atoms with Gasteiger partial charge >= 0.3 is 6.03 Å². The monoisotopic (exact) mass is 372 g/mol. The SMILES string of the molecule is CCc1ccc(NC(=O)Nc2ccc(I)cc2)s1. The molecule has 0 aliphatic rings. The van der Waals surface area contributed by atoms with Gasteiger partial charge in [0.2, 0.25) is 0 Å². The zero-order valence-corrected chi connectivity index (χ0v) is 12.8. The molecule has 1 heterocycles. The first-order valence-corrected chi connectivity index (χ1v) is 7.49. The van der Waals surface area contributed by atoms with Crippen LogP contribution in [-0.4, -0.2) is 6.03 Å². The maximum Gasteiger partial charge on any atom is 0.324 e. The van der Waals surface area contributed by atoms with Crippen LogP contribution in [0.15, 0.2) is 36.4 Å². The van der Waals surface area contributed by atoms with Gasteiger partial charge in [0, 0.05) is 14.1 Å². The van der Waals surface area contributed by atoms with Crippen LogP contribution in [0.4, 0.5) is 15.5 Å². The van der Waals surface area contributed by atoms with Gasteiger partial charge in [-0.1, -0.05) is 6.92 Å². The number of hydrogen-bond acceptors (Lipinski definition) is 2. The van der Waals surface area contributed by atoms with E-state index in [0.29, 0.717) is 0 Å². The summed E-state index contributed by atoms with van der Waals surface area (Å²) in [5.41, 5.74) is 0.792. The fourth-order valence-electron chi connectivity index (χ4n) is 1.44. The van der Waals surface area contributed by atoms with E-state index in [2.05, 4.69) is 40.1 Å². The molecular formula is C13H13IN2OS. The highest BCUT2D eigenvalue weighted by Gasteiger charge is 2.04. The first-order chi connectivity index (χ1) is 8.67. The maximum atomic E-state index is 11.7. The Morgan fingerprint density at radius 1 is 1.17 bits per heavy atom. The predicted octanol–water partition coefficient (Wildman–Crippen LogP) is 4.56. The van der Waals surface area contributed by atoms with E-state index in [0.717, 1.165) is 20.7 Å². The highest BCUT2D eigenvalue weighted by Crippen LogP contribution is 2.22. The van der Waals surface area contributed by atoms with Gasteiger partial charge in [0.25, 0.3) is 0 Å². The highest BCUT2D eigenvalue weighted by atomic mass is 127. The summed E-state index contributed by atoms with van der Waals surface area (Å²) in [7, 11) is 0.